The van der Waals surface area contributed by atoms with Crippen molar-refractivity contribution in [2.45, 2.75) is 12.8 Å². The Balaban J connectivity index is 1.32. The molecule has 0 aliphatic carbocycles. The van der Waals surface area contributed by atoms with Gasteiger partial charge in [-0.25, -0.2) is 9.67 Å². The molecule has 0 saturated carbocycles. The Labute approximate surface area is 181 Å². The third-order valence-corrected chi connectivity index (χ3v) is 5.12. The predicted octanol–water partition coefficient (Wildman–Crippen LogP) is 2.01. The molecule has 2 amide bonds. The van der Waals surface area contributed by atoms with Gasteiger partial charge < -0.3 is 20.4 Å². The average Bonchev–Trinajstić information content (AvgIpc) is 3.23. The minimum absolute atomic E-state index is 0.00558. The molecule has 1 aliphatic rings. The highest BCUT2D eigenvalue weighted by Crippen LogP contribution is 2.27. The average molecular weight is 430 g/mol. The van der Waals surface area contributed by atoms with Gasteiger partial charge in [0.25, 0.3) is 11.5 Å². The van der Waals surface area contributed by atoms with Crippen LogP contribution >= 0.6 is 0 Å². The quantitative estimate of drug-likeness (QED) is 0.444. The molecule has 0 bridgehead atoms. The van der Waals surface area contributed by atoms with Crippen molar-refractivity contribution < 1.29 is 14.3 Å². The number of fused-ring (bicyclic) bond motifs is 2. The zero-order valence-electron chi connectivity index (χ0n) is 16.8. The fourth-order valence-corrected chi connectivity index (χ4v) is 3.58. The van der Waals surface area contributed by atoms with Crippen LogP contribution in [0.5, 0.6) is 5.75 Å². The first-order valence-electron chi connectivity index (χ1n) is 9.95. The van der Waals surface area contributed by atoms with Crippen molar-refractivity contribution in [3.8, 4) is 11.4 Å². The first-order valence-corrected chi connectivity index (χ1v) is 9.95. The van der Waals surface area contributed by atoms with Gasteiger partial charge in [0.1, 0.15) is 11.1 Å². The summed E-state index contributed by atoms with van der Waals surface area (Å²) in [6, 6.07) is 12.4. The fourth-order valence-electron chi connectivity index (χ4n) is 3.58. The molecule has 10 nitrogen and oxygen atoms in total. The normalized spacial score (nSPS) is 12.8. The molecule has 5 rings (SSSR count). The van der Waals surface area contributed by atoms with Crippen LogP contribution in [-0.2, 0) is 16.0 Å². The zero-order chi connectivity index (χ0) is 22.1. The van der Waals surface area contributed by atoms with E-state index in [4.69, 9.17) is 4.74 Å². The van der Waals surface area contributed by atoms with Crippen LogP contribution in [0, 0.1) is 0 Å². The van der Waals surface area contributed by atoms with Crippen molar-refractivity contribution in [3.63, 3.8) is 0 Å². The molecule has 2 aromatic heterocycles. The second-order valence-electron chi connectivity index (χ2n) is 7.25. The summed E-state index contributed by atoms with van der Waals surface area (Å²) in [4.78, 5) is 42.7. The second kappa shape index (κ2) is 7.99. The number of para-hydroxylation sites is 2. The Morgan fingerprint density at radius 1 is 1.16 bits per heavy atom. The number of aryl methyl sites for hydroxylation is 1. The van der Waals surface area contributed by atoms with Crippen molar-refractivity contribution >= 4 is 34.2 Å². The van der Waals surface area contributed by atoms with Crippen LogP contribution < -0.4 is 20.9 Å². The summed E-state index contributed by atoms with van der Waals surface area (Å²) in [7, 11) is 0. The largest absolute Gasteiger partial charge is 0.484 e. The topological polar surface area (TPSA) is 131 Å². The van der Waals surface area contributed by atoms with E-state index >= 15 is 0 Å². The van der Waals surface area contributed by atoms with Crippen molar-refractivity contribution in [2.24, 2.45) is 0 Å². The third-order valence-electron chi connectivity index (χ3n) is 5.12. The molecular formula is C22H18N6O4. The zero-order valence-corrected chi connectivity index (χ0v) is 16.8. The molecule has 3 N–H and O–H groups in total. The van der Waals surface area contributed by atoms with Crippen molar-refractivity contribution in [2.75, 3.05) is 17.2 Å². The molecule has 0 spiro atoms. The van der Waals surface area contributed by atoms with Crippen molar-refractivity contribution in [3.05, 3.63) is 70.9 Å². The van der Waals surface area contributed by atoms with Crippen LogP contribution in [0.4, 0.5) is 11.4 Å². The number of benzene rings is 2. The lowest BCUT2D eigenvalue weighted by molar-refractivity contribution is -0.118. The van der Waals surface area contributed by atoms with Crippen LogP contribution in [0.2, 0.25) is 0 Å². The monoisotopic (exact) mass is 430 g/mol. The summed E-state index contributed by atoms with van der Waals surface area (Å²) in [5.41, 5.74) is 2.90. The standard InChI is InChI=1S/C22H18N6O4/c29-19-8-5-13-9-14(6-7-16(13)26-19)32-11-20(30)27-17-3-1-2-4-18(17)28-21-15(10-25-28)22(31)24-12-23-21/h1-4,6-7,9-10,12H,5,8,11H2,(H,26,29)(H,27,30)(H,23,24,31). The van der Waals surface area contributed by atoms with E-state index in [-0.39, 0.29) is 24.0 Å². The van der Waals surface area contributed by atoms with Gasteiger partial charge in [-0.3, -0.25) is 14.4 Å². The van der Waals surface area contributed by atoms with Gasteiger partial charge in [-0.2, -0.15) is 5.10 Å². The van der Waals surface area contributed by atoms with Gasteiger partial charge in [-0.15, -0.1) is 0 Å². The van der Waals surface area contributed by atoms with Crippen LogP contribution in [0.1, 0.15) is 12.0 Å². The van der Waals surface area contributed by atoms with E-state index in [1.54, 1.807) is 36.4 Å². The van der Waals surface area contributed by atoms with Crippen molar-refractivity contribution in [1.82, 2.24) is 19.7 Å². The summed E-state index contributed by atoms with van der Waals surface area (Å²) in [5.74, 6) is 0.185. The summed E-state index contributed by atoms with van der Waals surface area (Å²) in [6.07, 6.45) is 3.80. The molecule has 3 heterocycles. The second-order valence-corrected chi connectivity index (χ2v) is 7.25. The molecule has 32 heavy (non-hydrogen) atoms. The SMILES string of the molecule is O=C1CCc2cc(OCC(=O)Nc3ccccc3-n3ncc4c(=O)[nH]cnc43)ccc2N1. The van der Waals surface area contributed by atoms with Gasteiger partial charge in [0.05, 0.1) is 23.9 Å². The highest BCUT2D eigenvalue weighted by atomic mass is 16.5. The number of hydrogen-bond acceptors (Lipinski definition) is 6. The lowest BCUT2D eigenvalue weighted by atomic mass is 10.0. The maximum Gasteiger partial charge on any atom is 0.262 e. The smallest absolute Gasteiger partial charge is 0.262 e. The third kappa shape index (κ3) is 3.69. The summed E-state index contributed by atoms with van der Waals surface area (Å²) in [6.45, 7) is -0.197. The first-order chi connectivity index (χ1) is 15.6. The number of aromatic nitrogens is 4. The number of aromatic amines is 1. The van der Waals surface area contributed by atoms with E-state index < -0.39 is 0 Å². The number of nitrogens with zero attached hydrogens (tertiary/aromatic N) is 3. The van der Waals surface area contributed by atoms with Gasteiger partial charge in [0, 0.05) is 12.1 Å². The molecule has 10 heteroatoms. The number of rotatable bonds is 5. The molecule has 0 saturated heterocycles. The number of anilines is 2. The maximum atomic E-state index is 12.6. The summed E-state index contributed by atoms with van der Waals surface area (Å²) < 4.78 is 7.14. The summed E-state index contributed by atoms with van der Waals surface area (Å²) in [5, 5.41) is 10.2. The Kier molecular flexibility index (Phi) is 4.86. The molecule has 4 aromatic rings. The van der Waals surface area contributed by atoms with Crippen LogP contribution in [0.15, 0.2) is 59.8 Å². The lowest BCUT2D eigenvalue weighted by Crippen LogP contribution is -2.22. The van der Waals surface area contributed by atoms with Gasteiger partial charge in [0.2, 0.25) is 5.91 Å². The molecular weight excluding hydrogens is 412 g/mol. The van der Waals surface area contributed by atoms with Crippen molar-refractivity contribution in [1.29, 1.82) is 0 Å². The predicted molar refractivity (Wildman–Crippen MR) is 117 cm³/mol. The Bertz CT molecular complexity index is 1410. The Hall–Kier alpha value is -4.47. The fraction of sp³-hybridized carbons (Fsp3) is 0.136. The lowest BCUT2D eigenvalue weighted by Gasteiger charge is -2.17. The summed E-state index contributed by atoms with van der Waals surface area (Å²) >= 11 is 0. The van der Waals surface area contributed by atoms with E-state index in [0.29, 0.717) is 41.0 Å². The first kappa shape index (κ1) is 19.5. The number of amides is 2. The maximum absolute atomic E-state index is 12.6. The molecule has 0 unspecified atom stereocenters. The van der Waals surface area contributed by atoms with Crippen LogP contribution in [0.25, 0.3) is 16.7 Å². The molecule has 0 fully saturated rings. The van der Waals surface area contributed by atoms with E-state index in [0.717, 1.165) is 11.3 Å². The Morgan fingerprint density at radius 3 is 2.94 bits per heavy atom. The van der Waals surface area contributed by atoms with Crippen LogP contribution in [0.3, 0.4) is 0 Å². The minimum atomic E-state index is -0.356. The molecule has 0 radical (unpaired) electrons. The number of carbonyl (C=O) groups is 2. The van der Waals surface area contributed by atoms with E-state index in [1.807, 2.05) is 6.07 Å². The highest BCUT2D eigenvalue weighted by Gasteiger charge is 2.16. The van der Waals surface area contributed by atoms with Crippen LogP contribution in [-0.4, -0.2) is 38.2 Å². The molecule has 0 atom stereocenters. The number of hydrogen-bond donors (Lipinski definition) is 3. The van der Waals surface area contributed by atoms with E-state index in [9.17, 15) is 14.4 Å². The number of nitrogens with one attached hydrogen (secondary N) is 3. The van der Waals surface area contributed by atoms with Gasteiger partial charge in [-0.05, 0) is 42.3 Å². The Morgan fingerprint density at radius 2 is 2.03 bits per heavy atom. The van der Waals surface area contributed by atoms with Gasteiger partial charge in [0.15, 0.2) is 12.3 Å². The number of carbonyl (C=O) groups excluding carboxylic acids is 2. The highest BCUT2D eigenvalue weighted by molar-refractivity contribution is 5.95. The molecule has 2 aromatic carbocycles. The van der Waals surface area contributed by atoms with Gasteiger partial charge in [-0.1, -0.05) is 12.1 Å². The number of H-pyrrole nitrogens is 1. The van der Waals surface area contributed by atoms with E-state index in [2.05, 4.69) is 25.7 Å². The minimum Gasteiger partial charge on any atom is -0.484 e. The molecule has 160 valence electrons. The molecule has 1 aliphatic heterocycles. The number of ether oxygens (including phenoxy) is 1. The van der Waals surface area contributed by atoms with E-state index in [1.165, 1.54) is 17.2 Å². The van der Waals surface area contributed by atoms with Gasteiger partial charge >= 0.3 is 0 Å².